The molecule has 1 atom stereocenters. The van der Waals surface area contributed by atoms with Gasteiger partial charge in [0, 0.05) is 0 Å². The summed E-state index contributed by atoms with van der Waals surface area (Å²) < 4.78 is 0. The van der Waals surface area contributed by atoms with Gasteiger partial charge in [0.05, 0.1) is 11.1 Å². The van der Waals surface area contributed by atoms with Crippen LogP contribution in [0.3, 0.4) is 0 Å². The molecule has 7 heteroatoms. The van der Waals surface area contributed by atoms with Crippen LogP contribution >= 0.6 is 0 Å². The first-order valence-corrected chi connectivity index (χ1v) is 6.93. The summed E-state index contributed by atoms with van der Waals surface area (Å²) in [5, 5.41) is 11.3. The molecule has 1 heterocycles. The molecule has 0 fully saturated rings. The van der Waals surface area contributed by atoms with Gasteiger partial charge in [0.2, 0.25) is 5.91 Å². The summed E-state index contributed by atoms with van der Waals surface area (Å²) in [6, 6.07) is 5.28. The van der Waals surface area contributed by atoms with E-state index in [0.717, 1.165) is 4.90 Å². The lowest BCUT2D eigenvalue weighted by atomic mass is 10.1. The normalized spacial score (nSPS) is 14.7. The maximum Gasteiger partial charge on any atom is 0.326 e. The van der Waals surface area contributed by atoms with Gasteiger partial charge in [-0.15, -0.1) is 0 Å². The Morgan fingerprint density at radius 2 is 1.73 bits per heavy atom. The van der Waals surface area contributed by atoms with Gasteiger partial charge in [-0.1, -0.05) is 25.5 Å². The summed E-state index contributed by atoms with van der Waals surface area (Å²) in [5.41, 5.74) is 0.507. The van der Waals surface area contributed by atoms with E-state index in [0.29, 0.717) is 6.42 Å². The quantitative estimate of drug-likeness (QED) is 0.751. The summed E-state index contributed by atoms with van der Waals surface area (Å²) in [4.78, 5) is 47.9. The minimum atomic E-state index is -1.14. The Morgan fingerprint density at radius 3 is 2.18 bits per heavy atom. The van der Waals surface area contributed by atoms with E-state index in [4.69, 9.17) is 5.11 Å². The highest BCUT2D eigenvalue weighted by molar-refractivity contribution is 6.22. The van der Waals surface area contributed by atoms with E-state index in [-0.39, 0.29) is 17.5 Å². The smallest absolute Gasteiger partial charge is 0.326 e. The van der Waals surface area contributed by atoms with Crippen LogP contribution in [0.5, 0.6) is 0 Å². The maximum atomic E-state index is 12.1. The van der Waals surface area contributed by atoms with Crippen LogP contribution in [0.1, 0.15) is 40.5 Å². The maximum absolute atomic E-state index is 12.1. The van der Waals surface area contributed by atoms with Crippen molar-refractivity contribution in [2.75, 3.05) is 6.54 Å². The number of hydrogen-bond acceptors (Lipinski definition) is 4. The van der Waals surface area contributed by atoms with E-state index in [2.05, 4.69) is 5.32 Å². The van der Waals surface area contributed by atoms with Crippen LogP contribution in [0.25, 0.3) is 0 Å². The molecule has 1 aliphatic heterocycles. The number of amides is 3. The van der Waals surface area contributed by atoms with Crippen LogP contribution in [0.2, 0.25) is 0 Å². The fourth-order valence-electron chi connectivity index (χ4n) is 2.31. The molecule has 2 N–H and O–H groups in total. The first-order valence-electron chi connectivity index (χ1n) is 6.93. The Bertz CT molecular complexity index is 606. The molecule has 22 heavy (non-hydrogen) atoms. The summed E-state index contributed by atoms with van der Waals surface area (Å²) >= 11 is 0. The number of nitrogens with zero attached hydrogens (tertiary/aromatic N) is 1. The number of carbonyl (C=O) groups excluding carboxylic acids is 3. The molecule has 1 aliphatic rings. The largest absolute Gasteiger partial charge is 0.480 e. The molecule has 3 amide bonds. The molecular formula is C15H16N2O5. The molecule has 2 rings (SSSR count). The molecule has 0 spiro atoms. The Kier molecular flexibility index (Phi) is 4.55. The standard InChI is InChI=1S/C15H16N2O5/c1-2-5-11(15(21)22)16-12(18)8-17-13(19)9-6-3-4-7-10(9)14(17)20/h3-4,6-7,11H,2,5,8H2,1H3,(H,16,18)(H,21,22). The summed E-state index contributed by atoms with van der Waals surface area (Å²) in [5.74, 6) is -2.90. The Balaban J connectivity index is 2.06. The van der Waals surface area contributed by atoms with E-state index in [1.54, 1.807) is 19.1 Å². The van der Waals surface area contributed by atoms with Crippen LogP contribution in [-0.4, -0.2) is 46.3 Å². The highest BCUT2D eigenvalue weighted by Gasteiger charge is 2.36. The molecule has 0 saturated heterocycles. The number of carbonyl (C=O) groups is 4. The van der Waals surface area contributed by atoms with Crippen LogP contribution in [0.15, 0.2) is 24.3 Å². The number of aliphatic carboxylic acids is 1. The van der Waals surface area contributed by atoms with Gasteiger partial charge in [-0.2, -0.15) is 0 Å². The minimum Gasteiger partial charge on any atom is -0.480 e. The highest BCUT2D eigenvalue weighted by atomic mass is 16.4. The van der Waals surface area contributed by atoms with Gasteiger partial charge in [0.15, 0.2) is 0 Å². The number of carboxylic acids is 1. The monoisotopic (exact) mass is 304 g/mol. The third-order valence-electron chi connectivity index (χ3n) is 3.39. The zero-order valence-corrected chi connectivity index (χ0v) is 12.0. The average molecular weight is 304 g/mol. The lowest BCUT2D eigenvalue weighted by Crippen LogP contribution is -2.46. The lowest BCUT2D eigenvalue weighted by molar-refractivity contribution is -0.142. The predicted octanol–water partition coefficient (Wildman–Crippen LogP) is 0.652. The van der Waals surface area contributed by atoms with Gasteiger partial charge in [-0.05, 0) is 18.6 Å². The van der Waals surface area contributed by atoms with Crippen molar-refractivity contribution >= 4 is 23.7 Å². The molecule has 0 aromatic heterocycles. The Morgan fingerprint density at radius 1 is 1.18 bits per heavy atom. The van der Waals surface area contributed by atoms with Crippen molar-refractivity contribution in [3.05, 3.63) is 35.4 Å². The van der Waals surface area contributed by atoms with Crippen molar-refractivity contribution in [2.45, 2.75) is 25.8 Å². The number of rotatable bonds is 6. The topological polar surface area (TPSA) is 104 Å². The molecule has 0 radical (unpaired) electrons. The number of hydrogen-bond donors (Lipinski definition) is 2. The molecule has 1 aromatic carbocycles. The van der Waals surface area contributed by atoms with Gasteiger partial charge < -0.3 is 10.4 Å². The van der Waals surface area contributed by atoms with Gasteiger partial charge in [0.25, 0.3) is 11.8 Å². The fourth-order valence-corrected chi connectivity index (χ4v) is 2.31. The number of fused-ring (bicyclic) bond motifs is 1. The molecule has 1 unspecified atom stereocenters. The number of carboxylic acid groups (broad SMARTS) is 1. The molecule has 7 nitrogen and oxygen atoms in total. The molecule has 116 valence electrons. The lowest BCUT2D eigenvalue weighted by Gasteiger charge is -2.17. The Hall–Kier alpha value is -2.70. The summed E-state index contributed by atoms with van der Waals surface area (Å²) in [6.07, 6.45) is 0.869. The van der Waals surface area contributed by atoms with E-state index in [9.17, 15) is 19.2 Å². The van der Waals surface area contributed by atoms with Crippen molar-refractivity contribution in [2.24, 2.45) is 0 Å². The number of nitrogens with one attached hydrogen (secondary N) is 1. The zero-order chi connectivity index (χ0) is 16.3. The van der Waals surface area contributed by atoms with Crippen LogP contribution in [0.4, 0.5) is 0 Å². The van der Waals surface area contributed by atoms with Gasteiger partial charge in [-0.3, -0.25) is 19.3 Å². The highest BCUT2D eigenvalue weighted by Crippen LogP contribution is 2.21. The third-order valence-corrected chi connectivity index (χ3v) is 3.39. The van der Waals surface area contributed by atoms with E-state index in [1.807, 2.05) is 0 Å². The second kappa shape index (κ2) is 6.38. The van der Waals surface area contributed by atoms with Crippen molar-refractivity contribution in [3.8, 4) is 0 Å². The molecule has 1 aromatic rings. The predicted molar refractivity (Wildman–Crippen MR) is 76.3 cm³/mol. The van der Waals surface area contributed by atoms with E-state index in [1.165, 1.54) is 12.1 Å². The molecule has 0 bridgehead atoms. The molecule has 0 aliphatic carbocycles. The summed E-state index contributed by atoms with van der Waals surface area (Å²) in [7, 11) is 0. The number of benzene rings is 1. The summed E-state index contributed by atoms with van der Waals surface area (Å²) in [6.45, 7) is 1.31. The second-order valence-corrected chi connectivity index (χ2v) is 4.99. The van der Waals surface area contributed by atoms with E-state index >= 15 is 0 Å². The first kappa shape index (κ1) is 15.7. The van der Waals surface area contributed by atoms with Crippen LogP contribution in [0, 0.1) is 0 Å². The zero-order valence-electron chi connectivity index (χ0n) is 12.0. The number of imide groups is 1. The first-order chi connectivity index (χ1) is 10.5. The van der Waals surface area contributed by atoms with Gasteiger partial charge >= 0.3 is 5.97 Å². The van der Waals surface area contributed by atoms with Crippen molar-refractivity contribution in [1.29, 1.82) is 0 Å². The van der Waals surface area contributed by atoms with Crippen molar-refractivity contribution < 1.29 is 24.3 Å². The third kappa shape index (κ3) is 2.98. The minimum absolute atomic E-state index is 0.253. The second-order valence-electron chi connectivity index (χ2n) is 4.99. The average Bonchev–Trinajstić information content (AvgIpc) is 2.72. The van der Waals surface area contributed by atoms with Gasteiger partial charge in [-0.25, -0.2) is 4.79 Å². The van der Waals surface area contributed by atoms with Gasteiger partial charge in [0.1, 0.15) is 12.6 Å². The van der Waals surface area contributed by atoms with Crippen LogP contribution in [-0.2, 0) is 9.59 Å². The van der Waals surface area contributed by atoms with Crippen molar-refractivity contribution in [1.82, 2.24) is 10.2 Å². The SMILES string of the molecule is CCCC(NC(=O)CN1C(=O)c2ccccc2C1=O)C(=O)O. The Labute approximate surface area is 126 Å². The van der Waals surface area contributed by atoms with E-state index < -0.39 is 36.3 Å². The van der Waals surface area contributed by atoms with Crippen molar-refractivity contribution in [3.63, 3.8) is 0 Å². The molecule has 0 saturated carbocycles. The fraction of sp³-hybridized carbons (Fsp3) is 0.333. The van der Waals surface area contributed by atoms with Crippen LogP contribution < -0.4 is 5.32 Å². The molecular weight excluding hydrogens is 288 g/mol.